The van der Waals surface area contributed by atoms with Crippen LogP contribution < -0.4 is 0 Å². The van der Waals surface area contributed by atoms with E-state index < -0.39 is 22.4 Å². The first-order chi connectivity index (χ1) is 8.39. The van der Waals surface area contributed by atoms with Crippen molar-refractivity contribution in [3.63, 3.8) is 0 Å². The lowest BCUT2D eigenvalue weighted by atomic mass is 10.1. The van der Waals surface area contributed by atoms with Crippen LogP contribution in [0.3, 0.4) is 0 Å². The van der Waals surface area contributed by atoms with E-state index in [0.717, 1.165) is 12.1 Å². The third kappa shape index (κ3) is 2.20. The molecule has 1 aromatic carbocycles. The lowest BCUT2D eigenvalue weighted by Gasteiger charge is -2.07. The highest BCUT2D eigenvalue weighted by atomic mass is 19.4. The minimum Gasteiger partial charge on any atom is -0.453 e. The molecular weight excluding hydrogens is 251 g/mol. The molecule has 0 spiro atoms. The van der Waals surface area contributed by atoms with Gasteiger partial charge < -0.3 is 4.42 Å². The minimum atomic E-state index is -4.63. The van der Waals surface area contributed by atoms with Crippen LogP contribution in [-0.2, 0) is 6.18 Å². The first kappa shape index (κ1) is 12.2. The number of hydrogen-bond acceptors (Lipinski definition) is 3. The predicted octanol–water partition coefficient (Wildman–Crippen LogP) is 3.67. The highest BCUT2D eigenvalue weighted by molar-refractivity contribution is 5.70. The summed E-state index contributed by atoms with van der Waals surface area (Å²) >= 11 is 0. The third-order valence-electron chi connectivity index (χ3n) is 2.26. The Morgan fingerprint density at radius 2 is 2.00 bits per heavy atom. The van der Waals surface area contributed by atoms with Crippen molar-refractivity contribution in [1.29, 1.82) is 0 Å². The van der Waals surface area contributed by atoms with Crippen LogP contribution in [0.25, 0.3) is 11.3 Å². The quantitative estimate of drug-likeness (QED) is 0.608. The molecule has 0 aliphatic carbocycles. The number of benzene rings is 1. The van der Waals surface area contributed by atoms with Crippen LogP contribution in [0.5, 0.6) is 0 Å². The largest absolute Gasteiger partial charge is 0.453 e. The molecule has 0 atom stereocenters. The van der Waals surface area contributed by atoms with Gasteiger partial charge in [-0.3, -0.25) is 10.1 Å². The predicted molar refractivity (Wildman–Crippen MR) is 54.6 cm³/mol. The topological polar surface area (TPSA) is 56.3 Å². The molecule has 2 rings (SSSR count). The molecule has 0 saturated carbocycles. The second-order valence-electron chi connectivity index (χ2n) is 3.40. The molecule has 0 aliphatic heterocycles. The second kappa shape index (κ2) is 4.17. The van der Waals surface area contributed by atoms with Gasteiger partial charge in [0, 0.05) is 6.07 Å². The Hall–Kier alpha value is -2.31. The Kier molecular flexibility index (Phi) is 2.82. The fourth-order valence-corrected chi connectivity index (χ4v) is 1.45. The number of nitrogens with zero attached hydrogens (tertiary/aromatic N) is 1. The second-order valence-corrected chi connectivity index (χ2v) is 3.40. The highest BCUT2D eigenvalue weighted by Gasteiger charge is 2.33. The summed E-state index contributed by atoms with van der Waals surface area (Å²) in [6.07, 6.45) is -2.31. The van der Waals surface area contributed by atoms with Gasteiger partial charge in [-0.05, 0) is 24.3 Å². The van der Waals surface area contributed by atoms with Crippen molar-refractivity contribution in [2.24, 2.45) is 0 Å². The van der Waals surface area contributed by atoms with Gasteiger partial charge in [0.2, 0.25) is 0 Å². The van der Waals surface area contributed by atoms with Crippen LogP contribution in [0.15, 0.2) is 34.7 Å². The zero-order valence-corrected chi connectivity index (χ0v) is 8.69. The van der Waals surface area contributed by atoms with Gasteiger partial charge >= 0.3 is 6.18 Å². The molecule has 93 valence electrons. The van der Waals surface area contributed by atoms with E-state index in [0.29, 0.717) is 6.07 Å². The fourth-order valence-electron chi connectivity index (χ4n) is 1.45. The van der Waals surface area contributed by atoms with Gasteiger partial charge in [-0.2, -0.15) is 13.2 Å². The Bertz CT molecular complexity index is 576. The number of rotatable bonds is 2. The summed E-state index contributed by atoms with van der Waals surface area (Å²) in [6.45, 7) is 0. The van der Waals surface area contributed by atoms with Crippen LogP contribution in [0.4, 0.5) is 18.9 Å². The van der Waals surface area contributed by atoms with Crippen molar-refractivity contribution in [3.8, 4) is 11.3 Å². The summed E-state index contributed by atoms with van der Waals surface area (Å²) in [7, 11) is 0. The standard InChI is InChI=1S/C11H5F3NO3/c12-11(13,14)7-3-4-8(9(6-7)15(16)17)10-2-1-5-18-10/h1-4,6H. The average molecular weight is 256 g/mol. The fraction of sp³-hybridized carbons (Fsp3) is 0.0909. The van der Waals surface area contributed by atoms with Crippen LogP contribution in [0, 0.1) is 16.4 Å². The van der Waals surface area contributed by atoms with Gasteiger partial charge in [0.25, 0.3) is 5.69 Å². The molecule has 18 heavy (non-hydrogen) atoms. The molecule has 0 amide bonds. The van der Waals surface area contributed by atoms with E-state index in [1.54, 1.807) is 0 Å². The highest BCUT2D eigenvalue weighted by Crippen LogP contribution is 2.36. The van der Waals surface area contributed by atoms with Crippen LogP contribution in [0.1, 0.15) is 5.56 Å². The van der Waals surface area contributed by atoms with Crippen LogP contribution in [-0.4, -0.2) is 4.92 Å². The van der Waals surface area contributed by atoms with Gasteiger partial charge in [0.05, 0.1) is 16.1 Å². The first-order valence-electron chi connectivity index (χ1n) is 4.71. The monoisotopic (exact) mass is 256 g/mol. The van der Waals surface area contributed by atoms with Crippen molar-refractivity contribution in [3.05, 3.63) is 52.3 Å². The smallest absolute Gasteiger partial charge is 0.416 e. The summed E-state index contributed by atoms with van der Waals surface area (Å²) in [5.41, 5.74) is -1.75. The van der Waals surface area contributed by atoms with E-state index in [1.807, 2.05) is 0 Å². The normalized spacial score (nSPS) is 11.5. The van der Waals surface area contributed by atoms with E-state index in [2.05, 4.69) is 6.26 Å². The molecule has 1 aromatic heterocycles. The summed E-state index contributed by atoms with van der Waals surface area (Å²) in [5, 5.41) is 10.8. The number of alkyl halides is 3. The molecule has 0 N–H and O–H groups in total. The molecule has 0 saturated heterocycles. The Morgan fingerprint density at radius 3 is 2.50 bits per heavy atom. The zero-order valence-electron chi connectivity index (χ0n) is 8.69. The maximum absolute atomic E-state index is 12.5. The van der Waals surface area contributed by atoms with Crippen molar-refractivity contribution >= 4 is 5.69 Å². The molecule has 0 unspecified atom stereocenters. The maximum atomic E-state index is 12.5. The number of halogens is 3. The number of nitro benzene ring substituents is 1. The van der Waals surface area contributed by atoms with Crippen molar-refractivity contribution in [2.75, 3.05) is 0 Å². The Balaban J connectivity index is 2.59. The van der Waals surface area contributed by atoms with E-state index in [9.17, 15) is 23.3 Å². The Morgan fingerprint density at radius 1 is 1.28 bits per heavy atom. The van der Waals surface area contributed by atoms with E-state index in [4.69, 9.17) is 4.42 Å². The number of hydrogen-bond donors (Lipinski definition) is 0. The lowest BCUT2D eigenvalue weighted by molar-refractivity contribution is -0.384. The van der Waals surface area contributed by atoms with Gasteiger partial charge in [0.15, 0.2) is 6.26 Å². The lowest BCUT2D eigenvalue weighted by Crippen LogP contribution is -2.05. The molecule has 1 radical (unpaired) electrons. The van der Waals surface area contributed by atoms with Crippen molar-refractivity contribution in [2.45, 2.75) is 6.18 Å². The SMILES string of the molecule is O=[N+]([O-])c1cc(C(F)(F)F)ccc1-c1cc[c]o1. The molecular formula is C11H5F3NO3. The molecule has 0 aliphatic rings. The number of furan rings is 1. The molecule has 1 heterocycles. The van der Waals surface area contributed by atoms with Crippen LogP contribution in [0.2, 0.25) is 0 Å². The molecule has 7 heteroatoms. The first-order valence-corrected chi connectivity index (χ1v) is 4.71. The summed E-state index contributed by atoms with van der Waals surface area (Å²) in [6, 6.07) is 5.02. The minimum absolute atomic E-state index is 0.0192. The van der Waals surface area contributed by atoms with Gasteiger partial charge in [-0.1, -0.05) is 0 Å². The Labute approximate surface area is 98.8 Å². The van der Waals surface area contributed by atoms with Gasteiger partial charge in [0.1, 0.15) is 5.76 Å². The number of nitro groups is 1. The summed E-state index contributed by atoms with van der Waals surface area (Å²) in [4.78, 5) is 9.90. The zero-order chi connectivity index (χ0) is 13.3. The van der Waals surface area contributed by atoms with E-state index in [-0.39, 0.29) is 11.3 Å². The molecule has 4 nitrogen and oxygen atoms in total. The molecule has 0 fully saturated rings. The van der Waals surface area contributed by atoms with Gasteiger partial charge in [-0.15, -0.1) is 0 Å². The summed E-state index contributed by atoms with van der Waals surface area (Å²) < 4.78 is 42.2. The summed E-state index contributed by atoms with van der Waals surface area (Å²) in [5.74, 6) is 0.0930. The third-order valence-corrected chi connectivity index (χ3v) is 2.26. The van der Waals surface area contributed by atoms with Crippen molar-refractivity contribution < 1.29 is 22.5 Å². The van der Waals surface area contributed by atoms with Crippen LogP contribution >= 0.6 is 0 Å². The molecule has 2 aromatic rings. The van der Waals surface area contributed by atoms with E-state index in [1.165, 1.54) is 12.1 Å². The maximum Gasteiger partial charge on any atom is 0.416 e. The molecule has 0 bridgehead atoms. The van der Waals surface area contributed by atoms with Crippen molar-refractivity contribution in [1.82, 2.24) is 0 Å². The van der Waals surface area contributed by atoms with E-state index >= 15 is 0 Å². The average Bonchev–Trinajstić information content (AvgIpc) is 2.80. The van der Waals surface area contributed by atoms with Gasteiger partial charge in [-0.25, -0.2) is 0 Å².